The van der Waals surface area contributed by atoms with E-state index in [2.05, 4.69) is 78.0 Å². The molecule has 0 saturated heterocycles. The molecule has 0 fully saturated rings. The Morgan fingerprint density at radius 2 is 0.833 bits per heavy atom. The van der Waals surface area contributed by atoms with Gasteiger partial charge in [0.2, 0.25) is 0 Å². The molecular formula is C15H33N3-2. The second-order valence-corrected chi connectivity index (χ2v) is 7.24. The minimum absolute atomic E-state index is 0.0484. The molecule has 3 heteroatoms. The molecule has 0 aliphatic rings. The van der Waals surface area contributed by atoms with Crippen molar-refractivity contribution in [3.05, 3.63) is 10.6 Å². The summed E-state index contributed by atoms with van der Waals surface area (Å²) in [5.41, 5.74) is -0.313. The van der Waals surface area contributed by atoms with Gasteiger partial charge in [-0.05, 0) is 34.7 Å². The summed E-state index contributed by atoms with van der Waals surface area (Å²) in [7, 11) is 5.98. The minimum atomic E-state index is -0.108. The van der Waals surface area contributed by atoms with Crippen LogP contribution in [0.2, 0.25) is 0 Å². The molecule has 0 aromatic heterocycles. The standard InChI is InChI=1S/C15H33N3/c1-12(2,16-9)14(5,6)18(11)15(7,8)13(3,4)17-10/h1-11H3/q-2. The Labute approximate surface area is 115 Å². The zero-order valence-corrected chi connectivity index (χ0v) is 14.3. The molecule has 0 unspecified atom stereocenters. The summed E-state index contributed by atoms with van der Waals surface area (Å²) in [5.74, 6) is 0. The third-order valence-electron chi connectivity index (χ3n) is 5.79. The molecule has 0 aliphatic carbocycles. The largest absolute Gasteiger partial charge is 0.658 e. The lowest BCUT2D eigenvalue weighted by molar-refractivity contribution is -0.0154. The molecule has 0 radical (unpaired) electrons. The van der Waals surface area contributed by atoms with E-state index in [1.165, 1.54) is 0 Å². The highest BCUT2D eigenvalue weighted by Gasteiger charge is 2.43. The van der Waals surface area contributed by atoms with Crippen LogP contribution < -0.4 is 0 Å². The van der Waals surface area contributed by atoms with Crippen LogP contribution in [0.1, 0.15) is 55.4 Å². The van der Waals surface area contributed by atoms with Crippen LogP contribution in [-0.4, -0.2) is 48.2 Å². The first-order valence-corrected chi connectivity index (χ1v) is 6.74. The Morgan fingerprint density at radius 3 is 1.00 bits per heavy atom. The molecular weight excluding hydrogens is 222 g/mol. The summed E-state index contributed by atoms with van der Waals surface area (Å²) >= 11 is 0. The van der Waals surface area contributed by atoms with Crippen LogP contribution in [0.5, 0.6) is 0 Å². The summed E-state index contributed by atoms with van der Waals surface area (Å²) in [5, 5.41) is 9.12. The van der Waals surface area contributed by atoms with E-state index < -0.39 is 0 Å². The van der Waals surface area contributed by atoms with Crippen LogP contribution in [0.15, 0.2) is 0 Å². The number of rotatable bonds is 6. The van der Waals surface area contributed by atoms with Gasteiger partial charge in [0.1, 0.15) is 0 Å². The van der Waals surface area contributed by atoms with Gasteiger partial charge in [0.05, 0.1) is 0 Å². The Morgan fingerprint density at radius 1 is 0.611 bits per heavy atom. The second-order valence-electron chi connectivity index (χ2n) is 7.24. The van der Waals surface area contributed by atoms with Crippen molar-refractivity contribution in [3.8, 4) is 0 Å². The first-order valence-electron chi connectivity index (χ1n) is 6.74. The van der Waals surface area contributed by atoms with E-state index in [1.54, 1.807) is 0 Å². The van der Waals surface area contributed by atoms with Gasteiger partial charge in [0.25, 0.3) is 0 Å². The summed E-state index contributed by atoms with van der Waals surface area (Å²) < 4.78 is 0. The van der Waals surface area contributed by atoms with Crippen molar-refractivity contribution < 1.29 is 0 Å². The van der Waals surface area contributed by atoms with E-state index in [0.717, 1.165) is 0 Å². The topological polar surface area (TPSA) is 31.4 Å². The lowest BCUT2D eigenvalue weighted by atomic mass is 9.73. The van der Waals surface area contributed by atoms with Gasteiger partial charge in [0, 0.05) is 11.1 Å². The third-order valence-corrected chi connectivity index (χ3v) is 5.79. The van der Waals surface area contributed by atoms with Crippen LogP contribution >= 0.6 is 0 Å². The molecule has 18 heavy (non-hydrogen) atoms. The Hall–Kier alpha value is -0.120. The maximum absolute atomic E-state index is 4.56. The van der Waals surface area contributed by atoms with Crippen molar-refractivity contribution >= 4 is 0 Å². The summed E-state index contributed by atoms with van der Waals surface area (Å²) in [6, 6.07) is 0. The predicted molar refractivity (Wildman–Crippen MR) is 82.6 cm³/mol. The van der Waals surface area contributed by atoms with Crippen LogP contribution in [0, 0.1) is 0 Å². The molecule has 0 saturated carbocycles. The number of nitrogens with zero attached hydrogens (tertiary/aromatic N) is 3. The van der Waals surface area contributed by atoms with E-state index in [1.807, 2.05) is 14.1 Å². The molecule has 0 aliphatic heterocycles. The van der Waals surface area contributed by atoms with Crippen molar-refractivity contribution in [2.24, 2.45) is 0 Å². The smallest absolute Gasteiger partial charge is 0.00179 e. The van der Waals surface area contributed by atoms with Gasteiger partial charge < -0.3 is 10.6 Å². The van der Waals surface area contributed by atoms with E-state index >= 15 is 0 Å². The Kier molecular flexibility index (Phi) is 5.07. The van der Waals surface area contributed by atoms with Gasteiger partial charge in [-0.3, -0.25) is 4.90 Å². The average molecular weight is 255 g/mol. The zero-order valence-electron chi connectivity index (χ0n) is 14.3. The van der Waals surface area contributed by atoms with E-state index in [0.29, 0.717) is 0 Å². The summed E-state index contributed by atoms with van der Waals surface area (Å²) in [6.07, 6.45) is 0. The molecule has 0 bridgehead atoms. The minimum Gasteiger partial charge on any atom is -0.658 e. The molecule has 0 aromatic carbocycles. The number of likely N-dealkylation sites (N-methyl/N-ethyl adjacent to an activating group) is 3. The van der Waals surface area contributed by atoms with Crippen LogP contribution in [0.4, 0.5) is 0 Å². The highest BCUT2D eigenvalue weighted by molar-refractivity contribution is 5.19. The van der Waals surface area contributed by atoms with E-state index in [-0.39, 0.29) is 22.2 Å². The summed E-state index contributed by atoms with van der Waals surface area (Å²) in [4.78, 5) is 2.42. The van der Waals surface area contributed by atoms with Crippen molar-refractivity contribution in [2.45, 2.75) is 77.5 Å². The van der Waals surface area contributed by atoms with Gasteiger partial charge in [0.15, 0.2) is 0 Å². The fraction of sp³-hybridized carbons (Fsp3) is 1.00. The normalized spacial score (nSPS) is 15.3. The monoisotopic (exact) mass is 255 g/mol. The maximum Gasteiger partial charge on any atom is 0.00179 e. The molecule has 110 valence electrons. The number of hydrogen-bond donors (Lipinski definition) is 0. The quantitative estimate of drug-likeness (QED) is 0.705. The summed E-state index contributed by atoms with van der Waals surface area (Å²) in [6.45, 7) is 17.8. The Bertz CT molecular complexity index is 249. The van der Waals surface area contributed by atoms with Gasteiger partial charge >= 0.3 is 0 Å². The van der Waals surface area contributed by atoms with Crippen LogP contribution in [-0.2, 0) is 0 Å². The lowest BCUT2D eigenvalue weighted by Gasteiger charge is -2.65. The molecule has 0 heterocycles. The van der Waals surface area contributed by atoms with Crippen LogP contribution in [0.25, 0.3) is 10.6 Å². The second kappa shape index (κ2) is 5.10. The maximum atomic E-state index is 4.56. The van der Waals surface area contributed by atoms with E-state index in [9.17, 15) is 0 Å². The van der Waals surface area contributed by atoms with Crippen molar-refractivity contribution in [2.75, 3.05) is 21.1 Å². The lowest BCUT2D eigenvalue weighted by Crippen LogP contribution is -2.67. The van der Waals surface area contributed by atoms with Gasteiger partial charge in [-0.1, -0.05) is 27.7 Å². The first kappa shape index (κ1) is 17.9. The fourth-order valence-electron chi connectivity index (χ4n) is 2.07. The molecule has 0 atom stereocenters. The molecule has 0 amide bonds. The van der Waals surface area contributed by atoms with Gasteiger partial charge in [-0.25, -0.2) is 0 Å². The molecule has 3 nitrogen and oxygen atoms in total. The predicted octanol–water partition coefficient (Wildman–Crippen LogP) is 4.04. The third kappa shape index (κ3) is 2.73. The Balaban J connectivity index is 5.46. The fourth-order valence-corrected chi connectivity index (χ4v) is 2.07. The highest BCUT2D eigenvalue weighted by Crippen LogP contribution is 2.42. The molecule has 0 aromatic rings. The van der Waals surface area contributed by atoms with E-state index in [4.69, 9.17) is 0 Å². The highest BCUT2D eigenvalue weighted by atomic mass is 15.3. The van der Waals surface area contributed by atoms with Crippen molar-refractivity contribution in [1.82, 2.24) is 4.90 Å². The molecule has 0 spiro atoms. The average Bonchev–Trinajstić information content (AvgIpc) is 2.27. The number of hydrogen-bond acceptors (Lipinski definition) is 1. The van der Waals surface area contributed by atoms with Crippen molar-refractivity contribution in [1.29, 1.82) is 0 Å². The van der Waals surface area contributed by atoms with Crippen LogP contribution in [0.3, 0.4) is 0 Å². The van der Waals surface area contributed by atoms with Gasteiger partial charge in [-0.15, -0.1) is 11.1 Å². The van der Waals surface area contributed by atoms with Gasteiger partial charge in [-0.2, -0.15) is 14.1 Å². The zero-order chi connectivity index (χ0) is 15.0. The SMILES string of the molecule is C[N-]C(C)(C)C(C)(C)N(C)C(C)(C)C(C)(C)[N-]C. The first-order chi connectivity index (χ1) is 7.78. The molecule has 0 rings (SSSR count). The molecule has 0 N–H and O–H groups in total. The van der Waals surface area contributed by atoms with Crippen molar-refractivity contribution in [3.63, 3.8) is 0 Å².